The Kier molecular flexibility index (Phi) is 5.09. The van der Waals surface area contributed by atoms with E-state index in [0.717, 1.165) is 0 Å². The number of carbonyl (C=O) groups excluding carboxylic acids is 1. The zero-order valence-electron chi connectivity index (χ0n) is 12.6. The lowest BCUT2D eigenvalue weighted by Gasteiger charge is -2.09. The van der Waals surface area contributed by atoms with E-state index in [9.17, 15) is 15.0 Å². The molecule has 120 valence electrons. The van der Waals surface area contributed by atoms with E-state index >= 15 is 0 Å². The number of hydrogen-bond donors (Lipinski definition) is 2. The predicted octanol–water partition coefficient (Wildman–Crippen LogP) is 2.73. The molecule has 0 radical (unpaired) electrons. The molecule has 0 aliphatic carbocycles. The van der Waals surface area contributed by atoms with E-state index in [1.807, 2.05) is 0 Å². The highest BCUT2D eigenvalue weighted by Crippen LogP contribution is 2.37. The third kappa shape index (κ3) is 4.16. The van der Waals surface area contributed by atoms with Gasteiger partial charge < -0.3 is 24.4 Å². The number of aromatic hydroxyl groups is 2. The van der Waals surface area contributed by atoms with Crippen molar-refractivity contribution in [3.05, 3.63) is 48.0 Å². The van der Waals surface area contributed by atoms with Crippen LogP contribution in [0.15, 0.2) is 42.5 Å². The fraction of sp³-hybridized carbons (Fsp3) is 0.118. The van der Waals surface area contributed by atoms with Crippen molar-refractivity contribution in [1.29, 1.82) is 0 Å². The second-order valence-corrected chi connectivity index (χ2v) is 4.53. The van der Waals surface area contributed by atoms with Gasteiger partial charge in [-0.05, 0) is 35.9 Å². The van der Waals surface area contributed by atoms with Gasteiger partial charge >= 0.3 is 5.97 Å². The van der Waals surface area contributed by atoms with Gasteiger partial charge in [0.2, 0.25) is 5.75 Å². The summed E-state index contributed by atoms with van der Waals surface area (Å²) in [6.45, 7) is 0. The van der Waals surface area contributed by atoms with Crippen LogP contribution in [0.1, 0.15) is 5.56 Å². The van der Waals surface area contributed by atoms with Crippen LogP contribution in [0.2, 0.25) is 0 Å². The first-order valence-corrected chi connectivity index (χ1v) is 6.67. The molecule has 6 heteroatoms. The minimum atomic E-state index is -0.610. The molecule has 0 unspecified atom stereocenters. The summed E-state index contributed by atoms with van der Waals surface area (Å²) in [6.07, 6.45) is 2.71. The molecule has 6 nitrogen and oxygen atoms in total. The minimum absolute atomic E-state index is 0.00675. The lowest BCUT2D eigenvalue weighted by Crippen LogP contribution is -2.03. The third-order valence-electron chi connectivity index (χ3n) is 2.95. The summed E-state index contributed by atoms with van der Waals surface area (Å²) < 4.78 is 15.1. The molecular formula is C17H16O6. The molecule has 0 fully saturated rings. The Morgan fingerprint density at radius 1 is 1.04 bits per heavy atom. The normalized spacial score (nSPS) is 10.5. The summed E-state index contributed by atoms with van der Waals surface area (Å²) >= 11 is 0. The van der Waals surface area contributed by atoms with E-state index in [2.05, 4.69) is 0 Å². The zero-order chi connectivity index (χ0) is 16.8. The summed E-state index contributed by atoms with van der Waals surface area (Å²) in [5, 5.41) is 19.1. The van der Waals surface area contributed by atoms with Crippen molar-refractivity contribution < 1.29 is 29.2 Å². The number of hydrogen-bond acceptors (Lipinski definition) is 6. The number of phenols is 2. The average molecular weight is 316 g/mol. The average Bonchev–Trinajstić information content (AvgIpc) is 2.53. The van der Waals surface area contributed by atoms with Crippen LogP contribution in [-0.4, -0.2) is 30.4 Å². The van der Waals surface area contributed by atoms with Gasteiger partial charge in [-0.15, -0.1) is 0 Å². The highest BCUT2D eigenvalue weighted by Gasteiger charge is 2.10. The lowest BCUT2D eigenvalue weighted by molar-refractivity contribution is -0.128. The second kappa shape index (κ2) is 7.22. The van der Waals surface area contributed by atoms with Crippen LogP contribution >= 0.6 is 0 Å². The quantitative estimate of drug-likeness (QED) is 0.501. The van der Waals surface area contributed by atoms with Crippen LogP contribution in [0.4, 0.5) is 0 Å². The SMILES string of the molecule is COc1cc(/C=C/C(=O)Oc2cccc(O)c2)cc(OC)c1O. The van der Waals surface area contributed by atoms with Gasteiger partial charge in [-0.1, -0.05) is 6.07 Å². The highest BCUT2D eigenvalue weighted by molar-refractivity contribution is 5.89. The highest BCUT2D eigenvalue weighted by atomic mass is 16.5. The Morgan fingerprint density at radius 2 is 1.70 bits per heavy atom. The van der Waals surface area contributed by atoms with Crippen LogP contribution in [0.3, 0.4) is 0 Å². The van der Waals surface area contributed by atoms with E-state index in [-0.39, 0.29) is 28.7 Å². The summed E-state index contributed by atoms with van der Waals surface area (Å²) in [6, 6.07) is 9.03. The van der Waals surface area contributed by atoms with Gasteiger partial charge in [0, 0.05) is 12.1 Å². The molecule has 0 saturated carbocycles. The number of carbonyl (C=O) groups is 1. The van der Waals surface area contributed by atoms with E-state index in [4.69, 9.17) is 14.2 Å². The van der Waals surface area contributed by atoms with E-state index in [1.165, 1.54) is 38.5 Å². The molecule has 0 bridgehead atoms. The fourth-order valence-electron chi connectivity index (χ4n) is 1.87. The molecule has 2 aromatic carbocycles. The number of ether oxygens (including phenoxy) is 3. The molecule has 0 heterocycles. The van der Waals surface area contributed by atoms with Gasteiger partial charge in [0.1, 0.15) is 11.5 Å². The van der Waals surface area contributed by atoms with Crippen molar-refractivity contribution in [3.8, 4) is 28.7 Å². The Balaban J connectivity index is 2.14. The maximum Gasteiger partial charge on any atom is 0.336 e. The summed E-state index contributed by atoms with van der Waals surface area (Å²) in [5.74, 6) is -0.0281. The summed E-state index contributed by atoms with van der Waals surface area (Å²) in [4.78, 5) is 11.8. The van der Waals surface area contributed by atoms with Crippen molar-refractivity contribution in [2.75, 3.05) is 14.2 Å². The van der Waals surface area contributed by atoms with E-state index in [0.29, 0.717) is 5.56 Å². The summed E-state index contributed by atoms with van der Waals surface area (Å²) in [7, 11) is 2.83. The van der Waals surface area contributed by atoms with Crippen LogP contribution < -0.4 is 14.2 Å². The topological polar surface area (TPSA) is 85.2 Å². The number of rotatable bonds is 5. The van der Waals surface area contributed by atoms with Gasteiger partial charge in [0.05, 0.1) is 14.2 Å². The smallest absolute Gasteiger partial charge is 0.336 e. The molecular weight excluding hydrogens is 300 g/mol. The lowest BCUT2D eigenvalue weighted by atomic mass is 10.1. The molecule has 0 spiro atoms. The van der Waals surface area contributed by atoms with Crippen LogP contribution in [-0.2, 0) is 4.79 Å². The number of methoxy groups -OCH3 is 2. The van der Waals surface area contributed by atoms with Crippen molar-refractivity contribution in [1.82, 2.24) is 0 Å². The second-order valence-electron chi connectivity index (χ2n) is 4.53. The Hall–Kier alpha value is -3.15. The first-order valence-electron chi connectivity index (χ1n) is 6.67. The standard InChI is InChI=1S/C17H16O6/c1-21-14-8-11(9-15(22-2)17(14)20)6-7-16(19)23-13-5-3-4-12(18)10-13/h3-10,18,20H,1-2H3/b7-6+. The largest absolute Gasteiger partial charge is 0.508 e. The van der Waals surface area contributed by atoms with Crippen LogP contribution in [0, 0.1) is 0 Å². The maximum absolute atomic E-state index is 11.8. The first-order chi connectivity index (χ1) is 11.0. The fourth-order valence-corrected chi connectivity index (χ4v) is 1.87. The van der Waals surface area contributed by atoms with Crippen LogP contribution in [0.25, 0.3) is 6.08 Å². The Labute approximate surface area is 133 Å². The molecule has 0 amide bonds. The molecule has 0 atom stereocenters. The van der Waals surface area contributed by atoms with E-state index < -0.39 is 5.97 Å². The molecule has 0 aromatic heterocycles. The Morgan fingerprint density at radius 3 is 2.26 bits per heavy atom. The van der Waals surface area contributed by atoms with Gasteiger partial charge in [0.25, 0.3) is 0 Å². The molecule has 0 aliphatic rings. The van der Waals surface area contributed by atoms with Crippen LogP contribution in [0.5, 0.6) is 28.7 Å². The summed E-state index contributed by atoms with van der Waals surface area (Å²) in [5.41, 5.74) is 0.587. The first kappa shape index (κ1) is 16.2. The molecule has 0 aliphatic heterocycles. The van der Waals surface area contributed by atoms with Crippen molar-refractivity contribution in [3.63, 3.8) is 0 Å². The number of benzene rings is 2. The maximum atomic E-state index is 11.8. The molecule has 23 heavy (non-hydrogen) atoms. The van der Waals surface area contributed by atoms with E-state index in [1.54, 1.807) is 24.3 Å². The van der Waals surface area contributed by atoms with Gasteiger partial charge in [-0.2, -0.15) is 0 Å². The minimum Gasteiger partial charge on any atom is -0.508 e. The number of esters is 1. The van der Waals surface area contributed by atoms with Crippen molar-refractivity contribution in [2.24, 2.45) is 0 Å². The molecule has 2 rings (SSSR count). The third-order valence-corrected chi connectivity index (χ3v) is 2.95. The molecule has 0 saturated heterocycles. The predicted molar refractivity (Wildman–Crippen MR) is 84.0 cm³/mol. The number of phenolic OH excluding ortho intramolecular Hbond substituents is 2. The van der Waals surface area contributed by atoms with Crippen molar-refractivity contribution in [2.45, 2.75) is 0 Å². The van der Waals surface area contributed by atoms with Crippen molar-refractivity contribution >= 4 is 12.0 Å². The van der Waals surface area contributed by atoms with Gasteiger partial charge in [0.15, 0.2) is 11.5 Å². The van der Waals surface area contributed by atoms with Gasteiger partial charge in [-0.3, -0.25) is 0 Å². The molecule has 2 N–H and O–H groups in total. The Bertz CT molecular complexity index is 711. The monoisotopic (exact) mass is 316 g/mol. The zero-order valence-corrected chi connectivity index (χ0v) is 12.6. The molecule has 2 aromatic rings. The van der Waals surface area contributed by atoms with Gasteiger partial charge in [-0.25, -0.2) is 4.79 Å².